The molecule has 0 spiro atoms. The van der Waals surface area contributed by atoms with E-state index in [1.54, 1.807) is 25.4 Å². The first-order chi connectivity index (χ1) is 9.91. The van der Waals surface area contributed by atoms with Crippen LogP contribution in [0.5, 0.6) is 0 Å². The SMILES string of the molecule is CN(CCc1ccccn1)S(=O)(=O)c1ccc(N)cc1Br. The van der Waals surface area contributed by atoms with Gasteiger partial charge in [0, 0.05) is 42.1 Å². The second-order valence-corrected chi connectivity index (χ2v) is 7.46. The van der Waals surface area contributed by atoms with Gasteiger partial charge < -0.3 is 5.73 Å². The van der Waals surface area contributed by atoms with E-state index in [9.17, 15) is 8.42 Å². The van der Waals surface area contributed by atoms with Crippen LogP contribution in [0.1, 0.15) is 5.69 Å². The molecule has 0 aliphatic rings. The van der Waals surface area contributed by atoms with E-state index in [2.05, 4.69) is 20.9 Å². The summed E-state index contributed by atoms with van der Waals surface area (Å²) in [5, 5.41) is 0. The highest BCUT2D eigenvalue weighted by Crippen LogP contribution is 2.26. The van der Waals surface area contributed by atoms with E-state index < -0.39 is 10.0 Å². The number of nitrogens with two attached hydrogens (primary N) is 1. The Hall–Kier alpha value is -1.44. The highest BCUT2D eigenvalue weighted by Gasteiger charge is 2.23. The summed E-state index contributed by atoms with van der Waals surface area (Å²) in [5.74, 6) is 0. The molecule has 0 bridgehead atoms. The highest BCUT2D eigenvalue weighted by molar-refractivity contribution is 9.10. The van der Waals surface area contributed by atoms with Crippen LogP contribution in [0, 0.1) is 0 Å². The quantitative estimate of drug-likeness (QED) is 0.820. The van der Waals surface area contributed by atoms with Gasteiger partial charge in [0.15, 0.2) is 0 Å². The number of anilines is 1. The molecule has 0 unspecified atom stereocenters. The second kappa shape index (κ2) is 6.55. The van der Waals surface area contributed by atoms with E-state index in [1.807, 2.05) is 18.2 Å². The number of rotatable bonds is 5. The molecule has 0 fully saturated rings. The van der Waals surface area contributed by atoms with Crippen molar-refractivity contribution in [2.45, 2.75) is 11.3 Å². The van der Waals surface area contributed by atoms with Crippen molar-refractivity contribution < 1.29 is 8.42 Å². The minimum absolute atomic E-state index is 0.209. The van der Waals surface area contributed by atoms with E-state index in [0.717, 1.165) is 5.69 Å². The third-order valence-corrected chi connectivity index (χ3v) is 5.89. The first-order valence-electron chi connectivity index (χ1n) is 6.32. The molecule has 1 heterocycles. The molecule has 2 N–H and O–H groups in total. The number of benzene rings is 1. The molecule has 1 aromatic heterocycles. The van der Waals surface area contributed by atoms with Crippen LogP contribution in [0.25, 0.3) is 0 Å². The fraction of sp³-hybridized carbons (Fsp3) is 0.214. The van der Waals surface area contributed by atoms with Gasteiger partial charge in [-0.2, -0.15) is 0 Å². The van der Waals surface area contributed by atoms with Gasteiger partial charge >= 0.3 is 0 Å². The molecule has 5 nitrogen and oxygen atoms in total. The van der Waals surface area contributed by atoms with Crippen molar-refractivity contribution in [2.75, 3.05) is 19.3 Å². The maximum atomic E-state index is 12.5. The van der Waals surface area contributed by atoms with Crippen molar-refractivity contribution in [2.24, 2.45) is 0 Å². The standard InChI is InChI=1S/C14H16BrN3O2S/c1-18(9-7-12-4-2-3-8-17-12)21(19,20)14-6-5-11(16)10-13(14)15/h2-6,8,10H,7,9,16H2,1H3. The van der Waals surface area contributed by atoms with Crippen LogP contribution in [0.2, 0.25) is 0 Å². The zero-order chi connectivity index (χ0) is 15.5. The van der Waals surface area contributed by atoms with Gasteiger partial charge in [-0.15, -0.1) is 0 Å². The van der Waals surface area contributed by atoms with Crippen molar-refractivity contribution >= 4 is 31.6 Å². The number of hydrogen-bond acceptors (Lipinski definition) is 4. The molecule has 0 atom stereocenters. The largest absolute Gasteiger partial charge is 0.399 e. The first-order valence-corrected chi connectivity index (χ1v) is 8.56. The Morgan fingerprint density at radius 3 is 2.67 bits per heavy atom. The summed E-state index contributed by atoms with van der Waals surface area (Å²) in [7, 11) is -2.00. The molecule has 0 amide bonds. The number of nitrogen functional groups attached to an aromatic ring is 1. The summed E-state index contributed by atoms with van der Waals surface area (Å²) in [6.45, 7) is 0.357. The smallest absolute Gasteiger partial charge is 0.243 e. The van der Waals surface area contributed by atoms with Crippen molar-refractivity contribution in [3.8, 4) is 0 Å². The van der Waals surface area contributed by atoms with E-state index in [0.29, 0.717) is 23.1 Å². The maximum absolute atomic E-state index is 12.5. The minimum Gasteiger partial charge on any atom is -0.399 e. The lowest BCUT2D eigenvalue weighted by Crippen LogP contribution is -2.29. The van der Waals surface area contributed by atoms with Crippen LogP contribution in [0.3, 0.4) is 0 Å². The number of likely N-dealkylation sites (N-methyl/N-ethyl adjacent to an activating group) is 1. The molecule has 0 saturated heterocycles. The topological polar surface area (TPSA) is 76.3 Å². The zero-order valence-electron chi connectivity index (χ0n) is 11.5. The van der Waals surface area contributed by atoms with Crippen LogP contribution < -0.4 is 5.73 Å². The molecule has 1 aromatic carbocycles. The fourth-order valence-corrected chi connectivity index (χ4v) is 4.06. The van der Waals surface area contributed by atoms with Crippen molar-refractivity contribution in [1.82, 2.24) is 9.29 Å². The lowest BCUT2D eigenvalue weighted by Gasteiger charge is -2.18. The summed E-state index contributed by atoms with van der Waals surface area (Å²) in [6.07, 6.45) is 2.25. The molecular formula is C14H16BrN3O2S. The molecular weight excluding hydrogens is 354 g/mol. The maximum Gasteiger partial charge on any atom is 0.243 e. The van der Waals surface area contributed by atoms with E-state index in [1.165, 1.54) is 10.4 Å². The molecule has 2 aromatic rings. The summed E-state index contributed by atoms with van der Waals surface area (Å²) in [5.41, 5.74) is 7.00. The highest BCUT2D eigenvalue weighted by atomic mass is 79.9. The van der Waals surface area contributed by atoms with Crippen molar-refractivity contribution in [1.29, 1.82) is 0 Å². The number of halogens is 1. The van der Waals surface area contributed by atoms with Gasteiger partial charge in [0.2, 0.25) is 10.0 Å². The van der Waals surface area contributed by atoms with Crippen LogP contribution in [0.15, 0.2) is 52.0 Å². The summed E-state index contributed by atoms with van der Waals surface area (Å²) in [4.78, 5) is 4.40. The number of pyridine rings is 1. The van der Waals surface area contributed by atoms with Crippen LogP contribution >= 0.6 is 15.9 Å². The van der Waals surface area contributed by atoms with Crippen molar-refractivity contribution in [3.05, 3.63) is 52.8 Å². The summed E-state index contributed by atoms with van der Waals surface area (Å²) >= 11 is 3.25. The predicted octanol–water partition coefficient (Wildman–Crippen LogP) is 2.29. The van der Waals surface area contributed by atoms with E-state index in [-0.39, 0.29) is 4.90 Å². The molecule has 0 saturated carbocycles. The van der Waals surface area contributed by atoms with E-state index >= 15 is 0 Å². The molecule has 0 aliphatic heterocycles. The lowest BCUT2D eigenvalue weighted by molar-refractivity contribution is 0.470. The van der Waals surface area contributed by atoms with Gasteiger partial charge in [0.1, 0.15) is 0 Å². The monoisotopic (exact) mass is 369 g/mol. The Kier molecular flexibility index (Phi) is 4.97. The molecule has 0 radical (unpaired) electrons. The van der Waals surface area contributed by atoms with Gasteiger partial charge in [-0.05, 0) is 46.3 Å². The van der Waals surface area contributed by atoms with Gasteiger partial charge in [0.25, 0.3) is 0 Å². The summed E-state index contributed by atoms with van der Waals surface area (Å²) < 4.78 is 26.8. The van der Waals surface area contributed by atoms with Gasteiger partial charge in [0.05, 0.1) is 4.90 Å². The zero-order valence-corrected chi connectivity index (χ0v) is 13.9. The second-order valence-electron chi connectivity index (χ2n) is 4.59. The molecule has 112 valence electrons. The molecule has 2 rings (SSSR count). The number of aromatic nitrogens is 1. The molecule has 21 heavy (non-hydrogen) atoms. The number of sulfonamides is 1. The average molecular weight is 370 g/mol. The van der Waals surface area contributed by atoms with Crippen LogP contribution in [-0.2, 0) is 16.4 Å². The third kappa shape index (κ3) is 3.81. The average Bonchev–Trinajstić information content (AvgIpc) is 2.45. The Labute approximate surface area is 133 Å². The Balaban J connectivity index is 2.15. The Bertz CT molecular complexity index is 720. The molecule has 7 heteroatoms. The Morgan fingerprint density at radius 2 is 2.05 bits per heavy atom. The van der Waals surface area contributed by atoms with Gasteiger partial charge in [-0.25, -0.2) is 12.7 Å². The van der Waals surface area contributed by atoms with Gasteiger partial charge in [-0.3, -0.25) is 4.98 Å². The Morgan fingerprint density at radius 1 is 1.29 bits per heavy atom. The third-order valence-electron chi connectivity index (χ3n) is 3.05. The number of hydrogen-bond donors (Lipinski definition) is 1. The lowest BCUT2D eigenvalue weighted by atomic mass is 10.3. The van der Waals surface area contributed by atoms with E-state index in [4.69, 9.17) is 5.73 Å². The normalized spacial score (nSPS) is 11.8. The molecule has 0 aliphatic carbocycles. The van der Waals surface area contributed by atoms with Gasteiger partial charge in [-0.1, -0.05) is 6.07 Å². The fourth-order valence-electron chi connectivity index (χ4n) is 1.83. The number of nitrogens with zero attached hydrogens (tertiary/aromatic N) is 2. The first kappa shape index (κ1) is 15.9. The summed E-state index contributed by atoms with van der Waals surface area (Å²) in [6, 6.07) is 10.2. The predicted molar refractivity (Wildman–Crippen MR) is 86.3 cm³/mol. The van der Waals surface area contributed by atoms with Crippen molar-refractivity contribution in [3.63, 3.8) is 0 Å². The van der Waals surface area contributed by atoms with Crippen LogP contribution in [0.4, 0.5) is 5.69 Å². The minimum atomic E-state index is -3.55. The van der Waals surface area contributed by atoms with Crippen LogP contribution in [-0.4, -0.2) is 31.3 Å².